The SMILES string of the molecule is CCN(CC)c1cc2c(cc1C)nc1cc(C)c(N)cc1[n+]2-c1ccccc1C. The lowest BCUT2D eigenvalue weighted by Crippen LogP contribution is -2.35. The molecule has 0 aliphatic rings. The minimum Gasteiger partial charge on any atom is -0.398 e. The summed E-state index contributed by atoms with van der Waals surface area (Å²) in [5, 5.41) is 0. The first-order valence-corrected chi connectivity index (χ1v) is 10.3. The number of rotatable bonds is 4. The molecule has 0 saturated carbocycles. The van der Waals surface area contributed by atoms with Crippen LogP contribution in [0.15, 0.2) is 48.5 Å². The van der Waals surface area contributed by atoms with Crippen LogP contribution in [0.25, 0.3) is 27.8 Å². The zero-order valence-electron chi connectivity index (χ0n) is 18.0. The normalized spacial score (nSPS) is 11.3. The van der Waals surface area contributed by atoms with E-state index in [1.165, 1.54) is 16.8 Å². The van der Waals surface area contributed by atoms with Gasteiger partial charge in [0.15, 0.2) is 0 Å². The van der Waals surface area contributed by atoms with Gasteiger partial charge in [0.05, 0.1) is 0 Å². The summed E-state index contributed by atoms with van der Waals surface area (Å²) in [6.45, 7) is 12.7. The summed E-state index contributed by atoms with van der Waals surface area (Å²) < 4.78 is 2.31. The fraction of sp³-hybridized carbons (Fsp3) is 0.280. The van der Waals surface area contributed by atoms with Crippen LogP contribution in [0.1, 0.15) is 30.5 Å². The number of hydrogen-bond donors (Lipinski definition) is 1. The third-order valence-corrected chi connectivity index (χ3v) is 5.84. The van der Waals surface area contributed by atoms with Crippen LogP contribution in [-0.4, -0.2) is 18.1 Å². The van der Waals surface area contributed by atoms with Gasteiger partial charge in [0.1, 0.15) is 11.0 Å². The van der Waals surface area contributed by atoms with Gasteiger partial charge in [-0.2, -0.15) is 0 Å². The number of benzene rings is 3. The van der Waals surface area contributed by atoms with Crippen molar-refractivity contribution in [3.8, 4) is 5.69 Å². The van der Waals surface area contributed by atoms with E-state index in [2.05, 4.69) is 85.7 Å². The summed E-state index contributed by atoms with van der Waals surface area (Å²) >= 11 is 0. The second-order valence-corrected chi connectivity index (χ2v) is 7.73. The number of nitrogens with two attached hydrogens (primary N) is 1. The van der Waals surface area contributed by atoms with Gasteiger partial charge in [-0.1, -0.05) is 18.2 Å². The maximum absolute atomic E-state index is 6.31. The van der Waals surface area contributed by atoms with Crippen molar-refractivity contribution in [3.63, 3.8) is 0 Å². The smallest absolute Gasteiger partial charge is 0.239 e. The Balaban J connectivity index is 2.19. The van der Waals surface area contributed by atoms with Crippen molar-refractivity contribution < 1.29 is 4.57 Å². The van der Waals surface area contributed by atoms with Gasteiger partial charge >= 0.3 is 0 Å². The predicted molar refractivity (Wildman–Crippen MR) is 123 cm³/mol. The Bertz CT molecular complexity index is 1220. The Kier molecular flexibility index (Phi) is 4.87. The summed E-state index contributed by atoms with van der Waals surface area (Å²) in [5.41, 5.74) is 17.1. The van der Waals surface area contributed by atoms with E-state index in [1.54, 1.807) is 0 Å². The Morgan fingerprint density at radius 2 is 1.45 bits per heavy atom. The van der Waals surface area contributed by atoms with E-state index in [4.69, 9.17) is 10.7 Å². The van der Waals surface area contributed by atoms with E-state index >= 15 is 0 Å². The number of hydrogen-bond acceptors (Lipinski definition) is 3. The standard InChI is InChI=1S/C25H28N4/c1-6-28(7-2)23-15-25-21(13-18(23)5)27-20-12-17(4)19(26)14-24(20)29(25)22-11-9-8-10-16(22)3/h8-15,26H,6-7H2,1-5H3/p+1. The van der Waals surface area contributed by atoms with Gasteiger partial charge < -0.3 is 10.6 Å². The van der Waals surface area contributed by atoms with E-state index in [-0.39, 0.29) is 0 Å². The Labute approximate surface area is 172 Å². The lowest BCUT2D eigenvalue weighted by molar-refractivity contribution is -0.538. The lowest BCUT2D eigenvalue weighted by atomic mass is 10.1. The number of nitrogen functional groups attached to an aromatic ring is 1. The first-order valence-electron chi connectivity index (χ1n) is 10.3. The highest BCUT2D eigenvalue weighted by Gasteiger charge is 2.23. The summed E-state index contributed by atoms with van der Waals surface area (Å²) in [6.07, 6.45) is 0. The minimum absolute atomic E-state index is 0.789. The zero-order valence-corrected chi connectivity index (χ0v) is 18.0. The number of aryl methyl sites for hydroxylation is 3. The quantitative estimate of drug-likeness (QED) is 0.305. The number of aromatic nitrogens is 2. The molecule has 0 aliphatic carbocycles. The van der Waals surface area contributed by atoms with Crippen LogP contribution in [0.5, 0.6) is 0 Å². The van der Waals surface area contributed by atoms with Crippen molar-refractivity contribution >= 4 is 33.4 Å². The lowest BCUT2D eigenvalue weighted by Gasteiger charge is -2.23. The third kappa shape index (κ3) is 3.19. The molecule has 0 spiro atoms. The molecule has 0 unspecified atom stereocenters. The van der Waals surface area contributed by atoms with Crippen LogP contribution in [0, 0.1) is 20.8 Å². The fourth-order valence-corrected chi connectivity index (χ4v) is 4.14. The van der Waals surface area contributed by atoms with Gasteiger partial charge in [0.2, 0.25) is 16.7 Å². The summed E-state index contributed by atoms with van der Waals surface area (Å²) in [7, 11) is 0. The van der Waals surface area contributed by atoms with Crippen LogP contribution < -0.4 is 15.2 Å². The van der Waals surface area contributed by atoms with Crippen molar-refractivity contribution in [1.82, 2.24) is 4.98 Å². The molecule has 4 rings (SSSR count). The topological polar surface area (TPSA) is 46.0 Å². The monoisotopic (exact) mass is 385 g/mol. The van der Waals surface area contributed by atoms with E-state index < -0.39 is 0 Å². The highest BCUT2D eigenvalue weighted by Crippen LogP contribution is 2.28. The average Bonchev–Trinajstić information content (AvgIpc) is 2.70. The zero-order chi connectivity index (χ0) is 20.7. The van der Waals surface area contributed by atoms with Crippen molar-refractivity contribution in [2.24, 2.45) is 0 Å². The second kappa shape index (κ2) is 7.36. The van der Waals surface area contributed by atoms with Crippen LogP contribution in [-0.2, 0) is 0 Å². The molecule has 4 heteroatoms. The van der Waals surface area contributed by atoms with Gasteiger partial charge in [-0.15, -0.1) is 4.57 Å². The van der Waals surface area contributed by atoms with Crippen LogP contribution >= 0.6 is 0 Å². The average molecular weight is 386 g/mol. The van der Waals surface area contributed by atoms with Crippen LogP contribution in [0.2, 0.25) is 0 Å². The van der Waals surface area contributed by atoms with Gasteiger partial charge in [-0.3, -0.25) is 0 Å². The Morgan fingerprint density at radius 3 is 2.10 bits per heavy atom. The highest BCUT2D eigenvalue weighted by atomic mass is 15.1. The molecule has 0 amide bonds. The van der Waals surface area contributed by atoms with Gasteiger partial charge in [-0.25, -0.2) is 4.98 Å². The van der Waals surface area contributed by atoms with Crippen LogP contribution in [0.3, 0.4) is 0 Å². The molecule has 0 fully saturated rings. The molecule has 0 radical (unpaired) electrons. The molecule has 4 nitrogen and oxygen atoms in total. The third-order valence-electron chi connectivity index (χ3n) is 5.84. The summed E-state index contributed by atoms with van der Waals surface area (Å²) in [5.74, 6) is 0. The first kappa shape index (κ1) is 19.2. The molecule has 4 aromatic rings. The Morgan fingerprint density at radius 1 is 0.828 bits per heavy atom. The molecule has 1 heterocycles. The molecular formula is C25H29N4+. The van der Waals surface area contributed by atoms with E-state index in [1.807, 2.05) is 6.92 Å². The molecule has 0 bridgehead atoms. The number of para-hydroxylation sites is 1. The minimum atomic E-state index is 0.789. The molecule has 148 valence electrons. The van der Waals surface area contributed by atoms with Crippen molar-refractivity contribution in [1.29, 1.82) is 0 Å². The van der Waals surface area contributed by atoms with E-state index in [0.29, 0.717) is 0 Å². The largest absolute Gasteiger partial charge is 0.398 e. The van der Waals surface area contributed by atoms with Gasteiger partial charge in [-0.05, 0) is 57.9 Å². The van der Waals surface area contributed by atoms with Gasteiger partial charge in [0, 0.05) is 48.2 Å². The van der Waals surface area contributed by atoms with E-state index in [9.17, 15) is 0 Å². The molecule has 29 heavy (non-hydrogen) atoms. The van der Waals surface area contributed by atoms with E-state index in [0.717, 1.165) is 52.1 Å². The molecule has 0 saturated heterocycles. The summed E-state index contributed by atoms with van der Waals surface area (Å²) in [6, 6.07) is 17.1. The van der Waals surface area contributed by atoms with Crippen molar-refractivity contribution in [2.75, 3.05) is 23.7 Å². The van der Waals surface area contributed by atoms with Crippen molar-refractivity contribution in [3.05, 3.63) is 65.2 Å². The molecule has 0 atom stereocenters. The molecular weight excluding hydrogens is 356 g/mol. The molecule has 0 aliphatic heterocycles. The molecule has 2 N–H and O–H groups in total. The fourth-order valence-electron chi connectivity index (χ4n) is 4.14. The Hall–Kier alpha value is -3.14. The highest BCUT2D eigenvalue weighted by molar-refractivity contribution is 5.87. The maximum Gasteiger partial charge on any atom is 0.239 e. The van der Waals surface area contributed by atoms with Crippen molar-refractivity contribution in [2.45, 2.75) is 34.6 Å². The first-order chi connectivity index (χ1) is 13.9. The van der Waals surface area contributed by atoms with Gasteiger partial charge in [0.25, 0.3) is 0 Å². The molecule has 1 aromatic heterocycles. The van der Waals surface area contributed by atoms with Crippen LogP contribution in [0.4, 0.5) is 11.4 Å². The number of nitrogens with zero attached hydrogens (tertiary/aromatic N) is 3. The summed E-state index contributed by atoms with van der Waals surface area (Å²) in [4.78, 5) is 7.41. The predicted octanol–water partition coefficient (Wildman–Crippen LogP) is 5.02. The second-order valence-electron chi connectivity index (χ2n) is 7.73. The maximum atomic E-state index is 6.31. The number of fused-ring (bicyclic) bond motifs is 2. The molecule has 3 aromatic carbocycles. The number of anilines is 2.